The van der Waals surface area contributed by atoms with Gasteiger partial charge < -0.3 is 39.0 Å². The summed E-state index contributed by atoms with van der Waals surface area (Å²) in [7, 11) is -3.41. The molecule has 1 aromatic rings. The molecule has 0 aliphatic carbocycles. The smallest absolute Gasteiger partial charge is 0.338 e. The number of fused-ring (bicyclic) bond motifs is 3. The second-order valence-electron chi connectivity index (χ2n) is 10.8. The number of aliphatic hydroxyl groups is 3. The number of esters is 1. The van der Waals surface area contributed by atoms with E-state index in [9.17, 15) is 23.4 Å². The molecular weight excluding hydrogens is 532 g/mol. The number of carbonyl (C=O) groups is 1. The first-order chi connectivity index (χ1) is 18.4. The van der Waals surface area contributed by atoms with Crippen LogP contribution in [0.1, 0.15) is 33.6 Å². The Kier molecular flexibility index (Phi) is 9.18. The number of hydrogen-bond donors (Lipinski definition) is 3. The molecular formula is C27H38O11S. The summed E-state index contributed by atoms with van der Waals surface area (Å²) in [5.41, 5.74) is 0. The van der Waals surface area contributed by atoms with E-state index in [0.717, 1.165) is 0 Å². The Morgan fingerprint density at radius 1 is 1.08 bits per heavy atom. The lowest BCUT2D eigenvalue weighted by Gasteiger charge is -2.21. The number of sulfone groups is 1. The Morgan fingerprint density at radius 3 is 2.41 bits per heavy atom. The lowest BCUT2D eigenvalue weighted by Crippen LogP contribution is -2.35. The zero-order chi connectivity index (χ0) is 28.5. The molecule has 0 radical (unpaired) electrons. The molecule has 4 aliphatic heterocycles. The van der Waals surface area contributed by atoms with Gasteiger partial charge in [-0.1, -0.05) is 31.2 Å². The van der Waals surface area contributed by atoms with Crippen molar-refractivity contribution >= 4 is 15.8 Å². The minimum atomic E-state index is -3.41. The van der Waals surface area contributed by atoms with Crippen LogP contribution in [-0.2, 0) is 38.3 Å². The minimum absolute atomic E-state index is 0.00239. The Balaban J connectivity index is 0.000000199. The Morgan fingerprint density at radius 2 is 1.77 bits per heavy atom. The van der Waals surface area contributed by atoms with Gasteiger partial charge >= 0.3 is 5.97 Å². The fourth-order valence-corrected chi connectivity index (χ4v) is 7.33. The van der Waals surface area contributed by atoms with Crippen LogP contribution in [0.3, 0.4) is 0 Å². The van der Waals surface area contributed by atoms with Crippen LogP contribution in [0.15, 0.2) is 47.9 Å². The summed E-state index contributed by atoms with van der Waals surface area (Å²) in [6.45, 7) is 8.86. The van der Waals surface area contributed by atoms with Crippen LogP contribution >= 0.6 is 0 Å². The molecule has 1 aromatic carbocycles. The first-order valence-corrected chi connectivity index (χ1v) is 14.7. The van der Waals surface area contributed by atoms with Gasteiger partial charge in [0.15, 0.2) is 40.2 Å². The highest BCUT2D eigenvalue weighted by Crippen LogP contribution is 2.42. The number of carbonyl (C=O) groups excluding carboxylic acids is 1. The van der Waals surface area contributed by atoms with Gasteiger partial charge in [-0.2, -0.15) is 0 Å². The van der Waals surface area contributed by atoms with Crippen LogP contribution < -0.4 is 0 Å². The summed E-state index contributed by atoms with van der Waals surface area (Å²) in [6.07, 6.45) is -2.23. The largest absolute Gasteiger partial charge is 0.454 e. The van der Waals surface area contributed by atoms with E-state index >= 15 is 0 Å². The van der Waals surface area contributed by atoms with E-state index in [1.54, 1.807) is 50.3 Å². The highest BCUT2D eigenvalue weighted by atomic mass is 32.2. The Bertz CT molecular complexity index is 1110. The maximum atomic E-state index is 12.7. The maximum Gasteiger partial charge on any atom is 0.338 e. The molecule has 11 nitrogen and oxygen atoms in total. The van der Waals surface area contributed by atoms with Crippen molar-refractivity contribution in [3.8, 4) is 0 Å². The van der Waals surface area contributed by atoms with Gasteiger partial charge in [0.05, 0.1) is 35.6 Å². The summed E-state index contributed by atoms with van der Waals surface area (Å²) in [6, 6.07) is 8.41. The van der Waals surface area contributed by atoms with Crippen molar-refractivity contribution < 1.29 is 52.2 Å². The number of hydrogen-bond acceptors (Lipinski definition) is 11. The van der Waals surface area contributed by atoms with Crippen molar-refractivity contribution in [3.63, 3.8) is 0 Å². The number of ether oxygens (including phenoxy) is 5. The summed E-state index contributed by atoms with van der Waals surface area (Å²) in [5.74, 6) is -1.60. The van der Waals surface area contributed by atoms with Crippen LogP contribution in [0, 0.1) is 11.8 Å². The van der Waals surface area contributed by atoms with Gasteiger partial charge in [0.25, 0.3) is 0 Å². The normalized spacial score (nSPS) is 37.4. The Labute approximate surface area is 228 Å². The molecule has 3 N–H and O–H groups in total. The van der Waals surface area contributed by atoms with E-state index in [4.69, 9.17) is 28.8 Å². The van der Waals surface area contributed by atoms with E-state index in [0.29, 0.717) is 17.7 Å². The molecule has 12 heteroatoms. The second-order valence-corrected chi connectivity index (χ2v) is 12.9. The molecule has 4 heterocycles. The predicted molar refractivity (Wildman–Crippen MR) is 137 cm³/mol. The average molecular weight is 571 g/mol. The third-order valence-electron chi connectivity index (χ3n) is 7.55. The van der Waals surface area contributed by atoms with E-state index < -0.39 is 58.4 Å². The monoisotopic (exact) mass is 570 g/mol. The summed E-state index contributed by atoms with van der Waals surface area (Å²) < 4.78 is 52.7. The van der Waals surface area contributed by atoms with Gasteiger partial charge in [0.2, 0.25) is 0 Å². The van der Waals surface area contributed by atoms with E-state index in [1.165, 1.54) is 0 Å². The topological polar surface area (TPSA) is 158 Å². The Hall–Kier alpha value is -1.90. The molecule has 218 valence electrons. The fraction of sp³-hybridized carbons (Fsp3) is 0.667. The predicted octanol–water partition coefficient (Wildman–Crippen LogP) is 0.948. The number of rotatable bonds is 8. The van der Waals surface area contributed by atoms with Crippen molar-refractivity contribution in [2.75, 3.05) is 12.4 Å². The first kappa shape index (κ1) is 30.1. The maximum absolute atomic E-state index is 12.7. The van der Waals surface area contributed by atoms with E-state index in [1.807, 2.05) is 6.92 Å². The fourth-order valence-electron chi connectivity index (χ4n) is 5.54. The molecule has 0 unspecified atom stereocenters. The highest BCUT2D eigenvalue weighted by molar-refractivity contribution is 7.91. The van der Waals surface area contributed by atoms with Crippen molar-refractivity contribution in [2.45, 2.75) is 93.3 Å². The molecule has 0 aromatic heterocycles. The summed E-state index contributed by atoms with van der Waals surface area (Å²) >= 11 is 0. The molecule has 5 rings (SSSR count). The quantitative estimate of drug-likeness (QED) is 0.302. The van der Waals surface area contributed by atoms with Gasteiger partial charge in [-0.3, -0.25) is 0 Å². The van der Waals surface area contributed by atoms with Gasteiger partial charge in [-0.25, -0.2) is 13.2 Å². The van der Waals surface area contributed by atoms with Gasteiger partial charge in [0.1, 0.15) is 6.10 Å². The van der Waals surface area contributed by atoms with Crippen LogP contribution in [0.25, 0.3) is 0 Å². The van der Waals surface area contributed by atoms with Crippen LogP contribution in [0.5, 0.6) is 0 Å². The van der Waals surface area contributed by atoms with E-state index in [2.05, 4.69) is 6.58 Å². The molecule has 4 aliphatic rings. The molecule has 0 amide bonds. The van der Waals surface area contributed by atoms with Crippen LogP contribution in [0.4, 0.5) is 0 Å². The van der Waals surface area contributed by atoms with Gasteiger partial charge in [-0.15, -0.1) is 6.58 Å². The number of benzene rings is 1. The molecule has 39 heavy (non-hydrogen) atoms. The van der Waals surface area contributed by atoms with Crippen molar-refractivity contribution in [1.29, 1.82) is 0 Å². The molecule has 10 atom stereocenters. The minimum Gasteiger partial charge on any atom is -0.454 e. The van der Waals surface area contributed by atoms with Crippen molar-refractivity contribution in [2.24, 2.45) is 11.8 Å². The lowest BCUT2D eigenvalue weighted by molar-refractivity contribution is -0.214. The third kappa shape index (κ3) is 6.54. The zero-order valence-electron chi connectivity index (χ0n) is 22.3. The summed E-state index contributed by atoms with van der Waals surface area (Å²) in [4.78, 5) is 11.4. The first-order valence-electron chi connectivity index (χ1n) is 13.1. The average Bonchev–Trinajstić information content (AvgIpc) is 3.55. The molecule has 0 spiro atoms. The summed E-state index contributed by atoms with van der Waals surface area (Å²) in [5, 5.41) is 28.2. The van der Waals surface area contributed by atoms with Crippen molar-refractivity contribution in [3.05, 3.63) is 43.0 Å². The second kappa shape index (κ2) is 11.9. The van der Waals surface area contributed by atoms with Crippen LogP contribution in [0.2, 0.25) is 0 Å². The van der Waals surface area contributed by atoms with Crippen LogP contribution in [-0.4, -0.2) is 96.9 Å². The standard InChI is InChI=1S/C18H26O5S.C9H12O6/c1-3-7-17-16(13(2)18(23-17)10-14(20)11-19)12-24(21,22)15-8-5-4-6-9-15;1-9(2)14-6-5-4(13-8(6)15-9)3(10)7(11)12-5/h3-6,8-9,13-14,16-20H,1,7,10-12H2,2H3;3-6,8,10H,1-2H3/t13-,14+,16-,17+,18-;3-,4-,5+,6-,8-/m11/s1. The SMILES string of the molecule is C=CC[C@@H]1O[C@H](C[C@H](O)CO)[C@H](C)[C@H]1CS(=O)(=O)c1ccccc1.CC1(C)O[C@H]2O[C@H]3[C@H](OC(=O)[C@@H]3O)[C@H]2O1. The molecule has 4 fully saturated rings. The third-order valence-corrected chi connectivity index (χ3v) is 9.36. The number of aliphatic hydroxyl groups excluding tert-OH is 3. The molecule has 0 bridgehead atoms. The van der Waals surface area contributed by atoms with Crippen molar-refractivity contribution in [1.82, 2.24) is 0 Å². The van der Waals surface area contributed by atoms with E-state index in [-0.39, 0.29) is 36.4 Å². The zero-order valence-corrected chi connectivity index (χ0v) is 23.1. The van der Waals surface area contributed by atoms with Gasteiger partial charge in [0, 0.05) is 12.3 Å². The molecule has 4 saturated heterocycles. The van der Waals surface area contributed by atoms with Gasteiger partial charge in [-0.05, 0) is 38.3 Å². The molecule has 0 saturated carbocycles. The highest BCUT2D eigenvalue weighted by Gasteiger charge is 2.62. The lowest BCUT2D eigenvalue weighted by atomic mass is 9.87.